The van der Waals surface area contributed by atoms with Crippen molar-refractivity contribution in [2.45, 2.75) is 44.9 Å². The summed E-state index contributed by atoms with van der Waals surface area (Å²) in [6.07, 6.45) is 6.14. The van der Waals surface area contributed by atoms with E-state index in [1.165, 1.54) is 6.42 Å². The van der Waals surface area contributed by atoms with Crippen molar-refractivity contribution < 1.29 is 14.4 Å². The standard InChI is InChI=1S/C24H28N4O3S/c29-21(16-11-17-7-3-1-4-8-17)26-24(32)28-27-23(31)19-12-14-20(15-13-19)25-22(30)18-9-5-2-6-10-18/h1,3-4,7-8,12-15,18H,2,5-6,9-11,16H2,(H,25,30)(H,27,31)(H2,26,28,29,32). The Balaban J connectivity index is 1.38. The predicted octanol–water partition coefficient (Wildman–Crippen LogP) is 3.47. The van der Waals surface area contributed by atoms with Gasteiger partial charge in [0.2, 0.25) is 11.8 Å². The Morgan fingerprint density at radius 1 is 0.875 bits per heavy atom. The topological polar surface area (TPSA) is 99.3 Å². The summed E-state index contributed by atoms with van der Waals surface area (Å²) < 4.78 is 0. The number of nitrogens with one attached hydrogen (secondary N) is 4. The van der Waals surface area contributed by atoms with E-state index in [2.05, 4.69) is 21.5 Å². The Hall–Kier alpha value is -3.26. The quantitative estimate of drug-likeness (QED) is 0.397. The lowest BCUT2D eigenvalue weighted by Crippen LogP contribution is -2.48. The van der Waals surface area contributed by atoms with E-state index in [9.17, 15) is 14.4 Å². The molecule has 3 rings (SSSR count). The largest absolute Gasteiger partial charge is 0.326 e. The van der Waals surface area contributed by atoms with Crippen molar-refractivity contribution in [3.05, 3.63) is 65.7 Å². The van der Waals surface area contributed by atoms with E-state index in [4.69, 9.17) is 12.2 Å². The summed E-state index contributed by atoms with van der Waals surface area (Å²) in [6, 6.07) is 16.3. The minimum Gasteiger partial charge on any atom is -0.326 e. The molecule has 0 saturated heterocycles. The molecule has 0 aromatic heterocycles. The molecule has 8 heteroatoms. The molecule has 1 aliphatic carbocycles. The van der Waals surface area contributed by atoms with Crippen LogP contribution in [0.25, 0.3) is 0 Å². The van der Waals surface area contributed by atoms with Crippen molar-refractivity contribution in [2.24, 2.45) is 5.92 Å². The zero-order chi connectivity index (χ0) is 22.8. The van der Waals surface area contributed by atoms with Crippen molar-refractivity contribution in [3.63, 3.8) is 0 Å². The molecule has 1 fully saturated rings. The number of hydrogen-bond donors (Lipinski definition) is 4. The van der Waals surface area contributed by atoms with Gasteiger partial charge in [0.1, 0.15) is 0 Å². The molecule has 0 radical (unpaired) electrons. The van der Waals surface area contributed by atoms with Gasteiger partial charge in [0, 0.05) is 23.6 Å². The molecule has 0 aliphatic heterocycles. The van der Waals surface area contributed by atoms with Crippen molar-refractivity contribution in [3.8, 4) is 0 Å². The maximum absolute atomic E-state index is 12.3. The molecule has 0 spiro atoms. The van der Waals surface area contributed by atoms with Gasteiger partial charge in [0.25, 0.3) is 5.91 Å². The lowest BCUT2D eigenvalue weighted by molar-refractivity contribution is -0.121. The van der Waals surface area contributed by atoms with Crippen LogP contribution in [0.2, 0.25) is 0 Å². The molecule has 0 unspecified atom stereocenters. The van der Waals surface area contributed by atoms with Crippen molar-refractivity contribution in [2.75, 3.05) is 5.32 Å². The molecule has 32 heavy (non-hydrogen) atoms. The van der Waals surface area contributed by atoms with Crippen LogP contribution < -0.4 is 21.5 Å². The number of carbonyl (C=O) groups is 3. The molecule has 0 heterocycles. The van der Waals surface area contributed by atoms with Crippen LogP contribution in [0.3, 0.4) is 0 Å². The number of rotatable bonds is 6. The van der Waals surface area contributed by atoms with Crippen molar-refractivity contribution >= 4 is 40.7 Å². The van der Waals surface area contributed by atoms with Gasteiger partial charge in [-0.25, -0.2) is 0 Å². The second-order valence-electron chi connectivity index (χ2n) is 7.84. The molecule has 2 aromatic rings. The van der Waals surface area contributed by atoms with E-state index < -0.39 is 5.91 Å². The number of carbonyl (C=O) groups excluding carboxylic acids is 3. The van der Waals surface area contributed by atoms with Gasteiger partial charge in [0.15, 0.2) is 5.11 Å². The summed E-state index contributed by atoms with van der Waals surface area (Å²) in [5, 5.41) is 5.48. The third kappa shape index (κ3) is 7.46. The average molecular weight is 453 g/mol. The van der Waals surface area contributed by atoms with Gasteiger partial charge in [-0.15, -0.1) is 0 Å². The highest BCUT2D eigenvalue weighted by Gasteiger charge is 2.21. The molecule has 3 amide bonds. The van der Waals surface area contributed by atoms with Crippen LogP contribution in [-0.4, -0.2) is 22.8 Å². The fraction of sp³-hybridized carbons (Fsp3) is 0.333. The minimum absolute atomic E-state index is 0.0211. The lowest BCUT2D eigenvalue weighted by Gasteiger charge is -2.20. The predicted molar refractivity (Wildman–Crippen MR) is 128 cm³/mol. The van der Waals surface area contributed by atoms with E-state index >= 15 is 0 Å². The Kier molecular flexibility index (Phi) is 8.74. The van der Waals surface area contributed by atoms with Gasteiger partial charge in [-0.3, -0.25) is 25.2 Å². The van der Waals surface area contributed by atoms with Gasteiger partial charge in [-0.05, 0) is 61.3 Å². The third-order valence-corrected chi connectivity index (χ3v) is 5.62. The highest BCUT2D eigenvalue weighted by Crippen LogP contribution is 2.25. The number of thiocarbonyl (C=S) groups is 1. The molecule has 2 aromatic carbocycles. The summed E-state index contributed by atoms with van der Waals surface area (Å²) in [5.74, 6) is -0.536. The summed E-state index contributed by atoms with van der Waals surface area (Å²) >= 11 is 5.05. The highest BCUT2D eigenvalue weighted by atomic mass is 32.1. The van der Waals surface area contributed by atoms with E-state index in [-0.39, 0.29) is 29.3 Å². The monoisotopic (exact) mass is 452 g/mol. The summed E-state index contributed by atoms with van der Waals surface area (Å²) in [7, 11) is 0. The Labute approximate surface area is 193 Å². The maximum Gasteiger partial charge on any atom is 0.269 e. The van der Waals surface area contributed by atoms with Crippen LogP contribution in [0.5, 0.6) is 0 Å². The van der Waals surface area contributed by atoms with E-state index in [0.29, 0.717) is 17.7 Å². The summed E-state index contributed by atoms with van der Waals surface area (Å²) in [5.41, 5.74) is 7.10. The number of hydrogen-bond acceptors (Lipinski definition) is 4. The van der Waals surface area contributed by atoms with Crippen molar-refractivity contribution in [1.82, 2.24) is 16.2 Å². The maximum atomic E-state index is 12.3. The second kappa shape index (κ2) is 12.0. The SMILES string of the molecule is O=C(CCc1ccccc1)NC(=S)NNC(=O)c1ccc(NC(=O)C2CCCCC2)cc1. The molecule has 1 saturated carbocycles. The van der Waals surface area contributed by atoms with Crippen LogP contribution in [0, 0.1) is 5.92 Å². The first-order valence-corrected chi connectivity index (χ1v) is 11.3. The van der Waals surface area contributed by atoms with Crippen LogP contribution in [0.15, 0.2) is 54.6 Å². The van der Waals surface area contributed by atoms with Crippen LogP contribution in [0.4, 0.5) is 5.69 Å². The average Bonchev–Trinajstić information content (AvgIpc) is 2.83. The number of benzene rings is 2. The number of hydrazine groups is 1. The highest BCUT2D eigenvalue weighted by molar-refractivity contribution is 7.80. The Morgan fingerprint density at radius 3 is 2.25 bits per heavy atom. The van der Waals surface area contributed by atoms with Gasteiger partial charge >= 0.3 is 0 Å². The Morgan fingerprint density at radius 2 is 1.56 bits per heavy atom. The van der Waals surface area contributed by atoms with Crippen LogP contribution >= 0.6 is 12.2 Å². The summed E-state index contributed by atoms with van der Waals surface area (Å²) in [4.78, 5) is 36.6. The normalized spacial score (nSPS) is 13.6. The van der Waals surface area contributed by atoms with E-state index in [1.54, 1.807) is 24.3 Å². The second-order valence-corrected chi connectivity index (χ2v) is 8.25. The first kappa shape index (κ1) is 23.4. The van der Waals surface area contributed by atoms with Crippen molar-refractivity contribution in [1.29, 1.82) is 0 Å². The van der Waals surface area contributed by atoms with Gasteiger partial charge in [-0.1, -0.05) is 49.6 Å². The molecular weight excluding hydrogens is 424 g/mol. The zero-order valence-corrected chi connectivity index (χ0v) is 18.7. The van der Waals surface area contributed by atoms with Gasteiger partial charge < -0.3 is 10.6 Å². The minimum atomic E-state index is -0.406. The smallest absolute Gasteiger partial charge is 0.269 e. The Bertz CT molecular complexity index is 941. The van der Waals surface area contributed by atoms with Crippen LogP contribution in [0.1, 0.15) is 54.4 Å². The lowest BCUT2D eigenvalue weighted by atomic mass is 9.88. The van der Waals surface area contributed by atoms with E-state index in [0.717, 1.165) is 31.2 Å². The summed E-state index contributed by atoms with van der Waals surface area (Å²) in [6.45, 7) is 0. The molecule has 0 atom stereocenters. The van der Waals surface area contributed by atoms with E-state index in [1.807, 2.05) is 30.3 Å². The molecule has 0 bridgehead atoms. The van der Waals surface area contributed by atoms with Crippen LogP contribution in [-0.2, 0) is 16.0 Å². The number of anilines is 1. The first-order chi connectivity index (χ1) is 15.5. The molecule has 1 aliphatic rings. The van der Waals surface area contributed by atoms with Gasteiger partial charge in [-0.2, -0.15) is 0 Å². The fourth-order valence-electron chi connectivity index (χ4n) is 3.62. The molecule has 7 nitrogen and oxygen atoms in total. The molecule has 4 N–H and O–H groups in total. The molecular formula is C24H28N4O3S. The van der Waals surface area contributed by atoms with Gasteiger partial charge in [0.05, 0.1) is 0 Å². The molecule has 168 valence electrons. The fourth-order valence-corrected chi connectivity index (χ4v) is 3.79. The third-order valence-electron chi connectivity index (χ3n) is 5.42. The number of aryl methyl sites for hydroxylation is 1. The number of amides is 3. The first-order valence-electron chi connectivity index (χ1n) is 10.9. The zero-order valence-electron chi connectivity index (χ0n) is 17.9.